The van der Waals surface area contributed by atoms with Gasteiger partial charge >= 0.3 is 69.5 Å². The molecule has 0 nitrogen and oxygen atoms in total. The monoisotopic (exact) mass is 380 g/mol. The molecule has 18 heavy (non-hydrogen) atoms. The van der Waals surface area contributed by atoms with Gasteiger partial charge in [-0.1, -0.05) is 33.1 Å². The molecule has 0 fully saturated rings. The predicted molar refractivity (Wildman–Crippen MR) is 92.4 cm³/mol. The van der Waals surface area contributed by atoms with Crippen LogP contribution in [0.15, 0.2) is 0 Å². The second kappa shape index (κ2) is 20.5. The van der Waals surface area contributed by atoms with Crippen molar-refractivity contribution in [1.29, 1.82) is 0 Å². The summed E-state index contributed by atoms with van der Waals surface area (Å²) in [6.45, 7) is 9.02. The summed E-state index contributed by atoms with van der Waals surface area (Å²) in [5, 5.41) is 0.650. The molecular formula is C16H36SSn. The van der Waals surface area contributed by atoms with Gasteiger partial charge in [-0.25, -0.2) is 0 Å². The molecule has 1 unspecified atom stereocenters. The molecule has 0 aliphatic carbocycles. The fourth-order valence-electron chi connectivity index (χ4n) is 1.56. The van der Waals surface area contributed by atoms with Gasteiger partial charge in [0.2, 0.25) is 0 Å². The van der Waals surface area contributed by atoms with Crippen molar-refractivity contribution in [2.24, 2.45) is 0 Å². The summed E-state index contributed by atoms with van der Waals surface area (Å²) in [5.41, 5.74) is 0. The number of unbranched alkanes of at least 4 members (excludes halogenated alkanes) is 4. The first-order valence-corrected chi connectivity index (χ1v) is 12.7. The van der Waals surface area contributed by atoms with Gasteiger partial charge in [0.05, 0.1) is 0 Å². The van der Waals surface area contributed by atoms with Crippen LogP contribution < -0.4 is 0 Å². The van der Waals surface area contributed by atoms with Gasteiger partial charge in [-0.2, -0.15) is 12.6 Å². The van der Waals surface area contributed by atoms with Crippen LogP contribution in [0.1, 0.15) is 85.5 Å². The van der Waals surface area contributed by atoms with Crippen LogP contribution in [-0.4, -0.2) is 26.4 Å². The third-order valence-electron chi connectivity index (χ3n) is 3.03. The molecule has 1 atom stereocenters. The van der Waals surface area contributed by atoms with Crippen molar-refractivity contribution in [3.63, 3.8) is 0 Å². The number of thiol groups is 1. The summed E-state index contributed by atoms with van der Waals surface area (Å²) in [6, 6.07) is 0. The first-order chi connectivity index (χ1) is 8.72. The van der Waals surface area contributed by atoms with Crippen molar-refractivity contribution in [2.75, 3.05) is 0 Å². The van der Waals surface area contributed by atoms with E-state index in [9.17, 15) is 0 Å². The van der Waals surface area contributed by atoms with E-state index in [1.807, 2.05) is 0 Å². The molecule has 0 saturated carbocycles. The zero-order valence-electron chi connectivity index (χ0n) is 13.3. The second-order valence-corrected chi connectivity index (χ2v) is 10.0. The Bertz CT molecular complexity index is 122. The molecule has 0 rings (SSSR count). The zero-order chi connectivity index (χ0) is 14.1. The summed E-state index contributed by atoms with van der Waals surface area (Å²) in [5.74, 6) is 0. The normalized spacial score (nSPS) is 11.8. The molecular weight excluding hydrogens is 343 g/mol. The Morgan fingerprint density at radius 2 is 1.28 bits per heavy atom. The van der Waals surface area contributed by atoms with E-state index in [1.54, 1.807) is 8.87 Å². The number of hydrogen-bond acceptors (Lipinski definition) is 1. The minimum absolute atomic E-state index is 0.149. The SMILES string of the molecule is CCCCCC(S)CC.CCC[CH2][Sn][CH2]CCC. The third kappa shape index (κ3) is 22.3. The predicted octanol–water partition coefficient (Wildman–Crippen LogP) is 6.40. The fourth-order valence-corrected chi connectivity index (χ4v) is 5.90. The van der Waals surface area contributed by atoms with Crippen molar-refractivity contribution < 1.29 is 0 Å². The quantitative estimate of drug-likeness (QED) is 0.240. The molecule has 0 N–H and O–H groups in total. The molecule has 2 heteroatoms. The molecule has 0 aromatic rings. The van der Waals surface area contributed by atoms with E-state index >= 15 is 0 Å². The van der Waals surface area contributed by atoms with E-state index in [0.29, 0.717) is 5.25 Å². The van der Waals surface area contributed by atoms with Crippen molar-refractivity contribution >= 4 is 33.8 Å². The Hall–Kier alpha value is 1.15. The van der Waals surface area contributed by atoms with Crippen LogP contribution in [0.5, 0.6) is 0 Å². The van der Waals surface area contributed by atoms with Crippen molar-refractivity contribution in [3.8, 4) is 0 Å². The maximum atomic E-state index is 4.40. The van der Waals surface area contributed by atoms with E-state index in [-0.39, 0.29) is 21.1 Å². The van der Waals surface area contributed by atoms with Crippen LogP contribution in [0.4, 0.5) is 0 Å². The average Bonchev–Trinajstić information content (AvgIpc) is 2.39. The van der Waals surface area contributed by atoms with Gasteiger partial charge in [-0.15, -0.1) is 0 Å². The molecule has 0 spiro atoms. The maximum absolute atomic E-state index is 4.40. The molecule has 0 aromatic carbocycles. The van der Waals surface area contributed by atoms with Gasteiger partial charge in [-0.05, 0) is 12.8 Å². The summed E-state index contributed by atoms with van der Waals surface area (Å²) in [6.07, 6.45) is 12.4. The van der Waals surface area contributed by atoms with E-state index < -0.39 is 0 Å². The molecule has 0 saturated heterocycles. The van der Waals surface area contributed by atoms with Gasteiger partial charge in [0.25, 0.3) is 0 Å². The van der Waals surface area contributed by atoms with Gasteiger partial charge in [0.1, 0.15) is 0 Å². The summed E-state index contributed by atoms with van der Waals surface area (Å²) in [7, 11) is 0. The van der Waals surface area contributed by atoms with Gasteiger partial charge in [0.15, 0.2) is 0 Å². The Morgan fingerprint density at radius 1 is 0.778 bits per heavy atom. The Labute approximate surface area is 133 Å². The Morgan fingerprint density at radius 3 is 1.67 bits per heavy atom. The number of hydrogen-bond donors (Lipinski definition) is 1. The summed E-state index contributed by atoms with van der Waals surface area (Å²) in [4.78, 5) is 0. The molecule has 0 amide bonds. The van der Waals surface area contributed by atoms with E-state index in [2.05, 4.69) is 40.3 Å². The fraction of sp³-hybridized carbons (Fsp3) is 1.00. The van der Waals surface area contributed by atoms with E-state index in [4.69, 9.17) is 0 Å². The van der Waals surface area contributed by atoms with Gasteiger partial charge in [-0.3, -0.25) is 0 Å². The van der Waals surface area contributed by atoms with E-state index in [1.165, 1.54) is 57.8 Å². The van der Waals surface area contributed by atoms with Crippen molar-refractivity contribution in [2.45, 2.75) is 99.6 Å². The standard InChI is InChI=1S/C8H18S.2C4H9.Sn/c1-3-5-6-7-8(9)4-2;2*1-3-4-2;/h8-9H,3-7H2,1-2H3;2*1,3-4H2,2H3;. The Balaban J connectivity index is 0. The summed E-state index contributed by atoms with van der Waals surface area (Å²) >= 11 is 4.55. The Kier molecular flexibility index (Phi) is 24.4. The molecule has 0 heterocycles. The van der Waals surface area contributed by atoms with Crippen LogP contribution >= 0.6 is 12.6 Å². The van der Waals surface area contributed by atoms with Crippen LogP contribution in [-0.2, 0) is 0 Å². The molecule has 0 bridgehead atoms. The van der Waals surface area contributed by atoms with Crippen LogP contribution in [0.3, 0.4) is 0 Å². The molecule has 110 valence electrons. The molecule has 2 radical (unpaired) electrons. The summed E-state index contributed by atoms with van der Waals surface area (Å²) < 4.78 is 3.25. The first-order valence-electron chi connectivity index (χ1n) is 8.11. The second-order valence-electron chi connectivity index (χ2n) is 5.01. The van der Waals surface area contributed by atoms with Crippen LogP contribution in [0, 0.1) is 0 Å². The van der Waals surface area contributed by atoms with Crippen molar-refractivity contribution in [3.05, 3.63) is 0 Å². The first kappa shape index (κ1) is 21.4. The average molecular weight is 379 g/mol. The molecule has 0 aliphatic rings. The number of rotatable bonds is 11. The topological polar surface area (TPSA) is 0 Å². The van der Waals surface area contributed by atoms with E-state index in [0.717, 1.165) is 0 Å². The van der Waals surface area contributed by atoms with Crippen LogP contribution in [0.25, 0.3) is 0 Å². The molecule has 0 aliphatic heterocycles. The van der Waals surface area contributed by atoms with Gasteiger partial charge < -0.3 is 0 Å². The van der Waals surface area contributed by atoms with Gasteiger partial charge in [0, 0.05) is 5.25 Å². The van der Waals surface area contributed by atoms with Crippen molar-refractivity contribution in [1.82, 2.24) is 0 Å². The zero-order valence-corrected chi connectivity index (χ0v) is 17.1. The molecule has 0 aromatic heterocycles. The third-order valence-corrected chi connectivity index (χ3v) is 7.69. The minimum atomic E-state index is 0.149. The van der Waals surface area contributed by atoms with Crippen LogP contribution in [0.2, 0.25) is 8.87 Å².